The second-order valence-corrected chi connectivity index (χ2v) is 9.60. The highest BCUT2D eigenvalue weighted by atomic mass is 16.4. The fourth-order valence-electron chi connectivity index (χ4n) is 5.66. The molecular weight excluding hydrogens is 450 g/mol. The largest absolute Gasteiger partial charge is 0.465 e. The van der Waals surface area contributed by atoms with Crippen LogP contribution in [0.3, 0.4) is 0 Å². The third-order valence-corrected chi connectivity index (χ3v) is 7.37. The summed E-state index contributed by atoms with van der Waals surface area (Å²) in [5.74, 6) is 0. The molecule has 0 saturated carbocycles. The summed E-state index contributed by atoms with van der Waals surface area (Å²) in [4.78, 5) is 16.5. The smallest absolute Gasteiger partial charge is 0.407 e. The van der Waals surface area contributed by atoms with Gasteiger partial charge < -0.3 is 10.0 Å². The molecule has 0 bridgehead atoms. The summed E-state index contributed by atoms with van der Waals surface area (Å²) in [5, 5.41) is 19.0. The van der Waals surface area contributed by atoms with E-state index in [4.69, 9.17) is 0 Å². The molecule has 1 saturated heterocycles. The van der Waals surface area contributed by atoms with Crippen molar-refractivity contribution in [1.82, 2.24) is 24.8 Å². The monoisotopic (exact) mass is 483 g/mol. The van der Waals surface area contributed by atoms with Crippen LogP contribution >= 0.6 is 0 Å². The standard InChI is InChI=1S/C29H33N5O2/c1-2-26(32(20-22-11-5-3-6-12-22)21-23-13-7-4-8-14-23)28-19-24(17-18-33(28)29(35)36)34-27-16-10-9-15-25(27)30-31-34/h3-16,24,26,28H,2,17-21H2,1H3,(H,35,36). The zero-order valence-corrected chi connectivity index (χ0v) is 20.6. The van der Waals surface area contributed by atoms with Crippen LogP contribution in [0.25, 0.3) is 11.0 Å². The molecule has 0 spiro atoms. The first-order chi connectivity index (χ1) is 17.6. The Kier molecular flexibility index (Phi) is 7.28. The number of piperidine rings is 1. The van der Waals surface area contributed by atoms with E-state index in [-0.39, 0.29) is 18.1 Å². The molecule has 3 unspecified atom stereocenters. The van der Waals surface area contributed by atoms with Gasteiger partial charge in [0.2, 0.25) is 0 Å². The maximum atomic E-state index is 12.4. The Balaban J connectivity index is 1.47. The first-order valence-electron chi connectivity index (χ1n) is 12.8. The van der Waals surface area contributed by atoms with E-state index in [1.165, 1.54) is 11.1 Å². The third kappa shape index (κ3) is 5.11. The average Bonchev–Trinajstić information content (AvgIpc) is 3.34. The van der Waals surface area contributed by atoms with Crippen LogP contribution in [0, 0.1) is 0 Å². The summed E-state index contributed by atoms with van der Waals surface area (Å²) < 4.78 is 2.01. The third-order valence-electron chi connectivity index (χ3n) is 7.37. The number of benzene rings is 3. The highest BCUT2D eigenvalue weighted by Crippen LogP contribution is 2.34. The lowest BCUT2D eigenvalue weighted by atomic mass is 9.89. The second kappa shape index (κ2) is 10.9. The first-order valence-corrected chi connectivity index (χ1v) is 12.8. The van der Waals surface area contributed by atoms with Crippen LogP contribution < -0.4 is 0 Å². The number of aromatic nitrogens is 3. The number of fused-ring (bicyclic) bond motifs is 1. The SMILES string of the molecule is CCC(C1CC(n2nnc3ccccc32)CCN1C(=O)O)N(Cc1ccccc1)Cc1ccccc1. The van der Waals surface area contributed by atoms with Gasteiger partial charge in [0.25, 0.3) is 0 Å². The predicted octanol–water partition coefficient (Wildman–Crippen LogP) is 5.60. The van der Waals surface area contributed by atoms with Gasteiger partial charge in [0.1, 0.15) is 5.52 Å². The molecule has 3 aromatic carbocycles. The van der Waals surface area contributed by atoms with Crippen LogP contribution in [0.5, 0.6) is 0 Å². The minimum Gasteiger partial charge on any atom is -0.465 e. The second-order valence-electron chi connectivity index (χ2n) is 9.60. The Morgan fingerprint density at radius 1 is 0.972 bits per heavy atom. The van der Waals surface area contributed by atoms with Crippen molar-refractivity contribution in [2.75, 3.05) is 6.54 Å². The van der Waals surface area contributed by atoms with Gasteiger partial charge in [0.05, 0.1) is 17.6 Å². The van der Waals surface area contributed by atoms with Crippen molar-refractivity contribution in [1.29, 1.82) is 0 Å². The van der Waals surface area contributed by atoms with Crippen molar-refractivity contribution in [3.63, 3.8) is 0 Å². The lowest BCUT2D eigenvalue weighted by molar-refractivity contribution is 0.0279. The van der Waals surface area contributed by atoms with E-state index in [2.05, 4.69) is 70.7 Å². The highest BCUT2D eigenvalue weighted by molar-refractivity contribution is 5.74. The Morgan fingerprint density at radius 3 is 2.19 bits per heavy atom. The van der Waals surface area contributed by atoms with Crippen LogP contribution in [0.4, 0.5) is 4.79 Å². The van der Waals surface area contributed by atoms with Crippen LogP contribution in [-0.2, 0) is 13.1 Å². The van der Waals surface area contributed by atoms with Gasteiger partial charge in [-0.25, -0.2) is 9.48 Å². The molecule has 1 aliphatic rings. The van der Waals surface area contributed by atoms with Crippen molar-refractivity contribution < 1.29 is 9.90 Å². The van der Waals surface area contributed by atoms with Gasteiger partial charge in [-0.2, -0.15) is 0 Å². The molecule has 4 aromatic rings. The van der Waals surface area contributed by atoms with Crippen molar-refractivity contribution in [2.24, 2.45) is 0 Å². The molecule has 0 aliphatic carbocycles. The Labute approximate surface area is 212 Å². The molecule has 1 aliphatic heterocycles. The lowest BCUT2D eigenvalue weighted by Gasteiger charge is -2.45. The molecule has 1 N–H and O–H groups in total. The van der Waals surface area contributed by atoms with Crippen molar-refractivity contribution >= 4 is 17.1 Å². The van der Waals surface area contributed by atoms with E-state index >= 15 is 0 Å². The minimum atomic E-state index is -0.847. The topological polar surface area (TPSA) is 74.5 Å². The van der Waals surface area contributed by atoms with Gasteiger partial charge in [0, 0.05) is 25.7 Å². The summed E-state index contributed by atoms with van der Waals surface area (Å²) in [7, 11) is 0. The number of nitrogens with zero attached hydrogens (tertiary/aromatic N) is 5. The Bertz CT molecular complexity index is 1240. The van der Waals surface area contributed by atoms with E-state index in [0.717, 1.165) is 37.0 Å². The van der Waals surface area contributed by atoms with Gasteiger partial charge in [0.15, 0.2) is 0 Å². The molecule has 3 atom stereocenters. The Morgan fingerprint density at radius 2 is 1.58 bits per heavy atom. The van der Waals surface area contributed by atoms with Crippen LogP contribution in [0.2, 0.25) is 0 Å². The van der Waals surface area contributed by atoms with E-state index < -0.39 is 6.09 Å². The number of amides is 1. The average molecular weight is 484 g/mol. The number of hydrogen-bond acceptors (Lipinski definition) is 4. The van der Waals surface area contributed by atoms with Gasteiger partial charge >= 0.3 is 6.09 Å². The first kappa shape index (κ1) is 24.0. The van der Waals surface area contributed by atoms with Crippen molar-refractivity contribution in [3.05, 3.63) is 96.1 Å². The Hall–Kier alpha value is -3.71. The molecule has 1 amide bonds. The molecule has 7 nitrogen and oxygen atoms in total. The number of para-hydroxylation sites is 1. The van der Waals surface area contributed by atoms with Gasteiger partial charge in [-0.05, 0) is 42.5 Å². The molecule has 36 heavy (non-hydrogen) atoms. The van der Waals surface area contributed by atoms with E-state index in [1.54, 1.807) is 4.90 Å². The summed E-state index contributed by atoms with van der Waals surface area (Å²) in [6.07, 6.45) is 1.43. The summed E-state index contributed by atoms with van der Waals surface area (Å²) >= 11 is 0. The van der Waals surface area contributed by atoms with Crippen LogP contribution in [0.1, 0.15) is 43.4 Å². The predicted molar refractivity (Wildman–Crippen MR) is 141 cm³/mol. The maximum absolute atomic E-state index is 12.4. The highest BCUT2D eigenvalue weighted by Gasteiger charge is 2.39. The van der Waals surface area contributed by atoms with Crippen LogP contribution in [-0.4, -0.2) is 54.6 Å². The van der Waals surface area contributed by atoms with Gasteiger partial charge in [-0.3, -0.25) is 4.90 Å². The number of carbonyl (C=O) groups is 1. The number of hydrogen-bond donors (Lipinski definition) is 1. The van der Waals surface area contributed by atoms with Crippen molar-refractivity contribution in [3.8, 4) is 0 Å². The zero-order chi connectivity index (χ0) is 24.9. The molecule has 0 radical (unpaired) electrons. The molecule has 1 aromatic heterocycles. The minimum absolute atomic E-state index is 0.0547. The summed E-state index contributed by atoms with van der Waals surface area (Å²) in [5.41, 5.74) is 4.33. The summed E-state index contributed by atoms with van der Waals surface area (Å²) in [6, 6.07) is 28.9. The van der Waals surface area contributed by atoms with E-state index in [1.807, 2.05) is 41.1 Å². The quantitative estimate of drug-likeness (QED) is 0.353. The molecule has 5 rings (SSSR count). The van der Waals surface area contributed by atoms with Gasteiger partial charge in [-0.15, -0.1) is 5.10 Å². The fourth-order valence-corrected chi connectivity index (χ4v) is 5.66. The van der Waals surface area contributed by atoms with E-state index in [9.17, 15) is 9.90 Å². The molecule has 1 fully saturated rings. The van der Waals surface area contributed by atoms with Crippen LogP contribution in [0.15, 0.2) is 84.9 Å². The molecular formula is C29H33N5O2. The molecule has 2 heterocycles. The number of carboxylic acid groups (broad SMARTS) is 1. The lowest BCUT2D eigenvalue weighted by Crippen LogP contribution is -2.56. The normalized spacial score (nSPS) is 19.0. The summed E-state index contributed by atoms with van der Waals surface area (Å²) in [6.45, 7) is 4.17. The number of likely N-dealkylation sites (tertiary alicyclic amines) is 1. The molecule has 186 valence electrons. The zero-order valence-electron chi connectivity index (χ0n) is 20.6. The van der Waals surface area contributed by atoms with Gasteiger partial charge in [-0.1, -0.05) is 84.9 Å². The number of rotatable bonds is 8. The fraction of sp³-hybridized carbons (Fsp3) is 0.345. The molecule has 7 heteroatoms. The maximum Gasteiger partial charge on any atom is 0.407 e. The van der Waals surface area contributed by atoms with Crippen molar-refractivity contribution in [2.45, 2.75) is 57.4 Å². The van der Waals surface area contributed by atoms with E-state index in [0.29, 0.717) is 13.0 Å².